The second-order valence-corrected chi connectivity index (χ2v) is 5.63. The third kappa shape index (κ3) is 1.90. The van der Waals surface area contributed by atoms with E-state index in [4.69, 9.17) is 0 Å². The maximum absolute atomic E-state index is 2.44. The zero-order valence-electron chi connectivity index (χ0n) is 11.9. The zero-order valence-corrected chi connectivity index (χ0v) is 11.9. The van der Waals surface area contributed by atoms with Crippen molar-refractivity contribution in [1.82, 2.24) is 0 Å². The van der Waals surface area contributed by atoms with E-state index in [0.717, 1.165) is 12.8 Å². The Morgan fingerprint density at radius 1 is 1.11 bits per heavy atom. The molecule has 3 rings (SSSR count). The van der Waals surface area contributed by atoms with E-state index in [1.165, 1.54) is 29.5 Å². The van der Waals surface area contributed by atoms with Gasteiger partial charge < -0.3 is 0 Å². The molecule has 0 amide bonds. The molecular weight excluding hydrogens is 228 g/mol. The van der Waals surface area contributed by atoms with E-state index in [1.54, 1.807) is 5.57 Å². The third-order valence-electron chi connectivity index (χ3n) is 4.91. The average molecular weight is 250 g/mol. The van der Waals surface area contributed by atoms with Crippen LogP contribution in [0, 0.1) is 5.41 Å². The summed E-state index contributed by atoms with van der Waals surface area (Å²) in [5.74, 6) is 0. The highest BCUT2D eigenvalue weighted by molar-refractivity contribution is 5.66. The van der Waals surface area contributed by atoms with E-state index in [9.17, 15) is 0 Å². The van der Waals surface area contributed by atoms with Crippen LogP contribution in [-0.2, 0) is 6.42 Å². The fourth-order valence-corrected chi connectivity index (χ4v) is 3.70. The quantitative estimate of drug-likeness (QED) is 0.678. The van der Waals surface area contributed by atoms with E-state index in [1.807, 2.05) is 0 Å². The Bertz CT molecular complexity index is 565. The zero-order chi connectivity index (χ0) is 13.3. The molecule has 98 valence electrons. The second-order valence-electron chi connectivity index (χ2n) is 5.63. The van der Waals surface area contributed by atoms with E-state index in [2.05, 4.69) is 62.4 Å². The molecule has 1 aromatic rings. The first-order chi connectivity index (χ1) is 9.30. The molecule has 0 heterocycles. The van der Waals surface area contributed by atoms with Gasteiger partial charge in [-0.15, -0.1) is 0 Å². The second kappa shape index (κ2) is 4.85. The number of hydrogen-bond donors (Lipinski definition) is 0. The van der Waals surface area contributed by atoms with E-state index in [-0.39, 0.29) is 5.41 Å². The molecular formula is C19H22. The fourth-order valence-electron chi connectivity index (χ4n) is 3.70. The van der Waals surface area contributed by atoms with Crippen molar-refractivity contribution in [2.24, 2.45) is 5.41 Å². The van der Waals surface area contributed by atoms with Crippen LogP contribution in [0.5, 0.6) is 0 Å². The standard InChI is InChI=1S/C19H22/c1-3-19(4-2,17-11-7-8-12-17)18-13-15-9-5-6-10-16(15)14-18/h5-7,9-13H,3-4,8,14H2,1-2H3. The minimum absolute atomic E-state index is 0.256. The highest BCUT2D eigenvalue weighted by Crippen LogP contribution is 2.48. The molecule has 0 fully saturated rings. The van der Waals surface area contributed by atoms with Crippen LogP contribution < -0.4 is 0 Å². The summed E-state index contributed by atoms with van der Waals surface area (Å²) in [7, 11) is 0. The van der Waals surface area contributed by atoms with Gasteiger partial charge in [0.1, 0.15) is 0 Å². The van der Waals surface area contributed by atoms with Crippen LogP contribution in [0.4, 0.5) is 0 Å². The lowest BCUT2D eigenvalue weighted by Crippen LogP contribution is -2.23. The third-order valence-corrected chi connectivity index (χ3v) is 4.91. The van der Waals surface area contributed by atoms with E-state index in [0.29, 0.717) is 0 Å². The molecule has 0 aromatic heterocycles. The van der Waals surface area contributed by atoms with Crippen molar-refractivity contribution in [3.63, 3.8) is 0 Å². The van der Waals surface area contributed by atoms with Crippen molar-refractivity contribution >= 4 is 6.08 Å². The fraction of sp³-hybridized carbons (Fsp3) is 0.368. The van der Waals surface area contributed by atoms with Gasteiger partial charge in [-0.05, 0) is 42.4 Å². The maximum atomic E-state index is 2.44. The highest BCUT2D eigenvalue weighted by atomic mass is 14.4. The Morgan fingerprint density at radius 2 is 1.89 bits per heavy atom. The topological polar surface area (TPSA) is 0 Å². The smallest absolute Gasteiger partial charge is 0.0160 e. The number of benzene rings is 1. The van der Waals surface area contributed by atoms with Crippen molar-refractivity contribution in [3.8, 4) is 0 Å². The molecule has 0 saturated carbocycles. The molecule has 0 saturated heterocycles. The SMILES string of the molecule is CCC(CC)(C1=CCC=C1)C1=Cc2ccccc2C1. The molecule has 0 spiro atoms. The molecule has 0 aliphatic heterocycles. The molecule has 0 radical (unpaired) electrons. The Hall–Kier alpha value is -1.56. The van der Waals surface area contributed by atoms with Crippen molar-refractivity contribution in [2.45, 2.75) is 39.5 Å². The maximum Gasteiger partial charge on any atom is 0.0160 e. The van der Waals surface area contributed by atoms with Gasteiger partial charge in [0.15, 0.2) is 0 Å². The Balaban J connectivity index is 2.02. The highest BCUT2D eigenvalue weighted by Gasteiger charge is 2.36. The first-order valence-electron chi connectivity index (χ1n) is 7.46. The van der Waals surface area contributed by atoms with E-state index < -0.39 is 0 Å². The summed E-state index contributed by atoms with van der Waals surface area (Å²) < 4.78 is 0. The van der Waals surface area contributed by atoms with Crippen molar-refractivity contribution in [3.05, 3.63) is 64.8 Å². The lowest BCUT2D eigenvalue weighted by Gasteiger charge is -2.34. The van der Waals surface area contributed by atoms with Crippen LogP contribution in [0.2, 0.25) is 0 Å². The largest absolute Gasteiger partial charge is 0.0804 e. The molecule has 0 heteroatoms. The van der Waals surface area contributed by atoms with Gasteiger partial charge >= 0.3 is 0 Å². The Kier molecular flexibility index (Phi) is 3.18. The van der Waals surface area contributed by atoms with Crippen LogP contribution in [0.1, 0.15) is 44.2 Å². The van der Waals surface area contributed by atoms with Crippen LogP contribution in [0.3, 0.4) is 0 Å². The summed E-state index contributed by atoms with van der Waals surface area (Å²) in [6.07, 6.45) is 14.1. The summed E-state index contributed by atoms with van der Waals surface area (Å²) in [6, 6.07) is 8.82. The summed E-state index contributed by atoms with van der Waals surface area (Å²) in [6.45, 7) is 4.67. The molecule has 2 aliphatic rings. The Morgan fingerprint density at radius 3 is 2.53 bits per heavy atom. The van der Waals surface area contributed by atoms with Crippen LogP contribution in [-0.4, -0.2) is 0 Å². The van der Waals surface area contributed by atoms with Gasteiger partial charge in [0.05, 0.1) is 0 Å². The monoisotopic (exact) mass is 250 g/mol. The Labute approximate surface area is 116 Å². The van der Waals surface area contributed by atoms with Gasteiger partial charge in [0.2, 0.25) is 0 Å². The van der Waals surface area contributed by atoms with Crippen LogP contribution in [0.25, 0.3) is 6.08 Å². The van der Waals surface area contributed by atoms with Gasteiger partial charge in [0.25, 0.3) is 0 Å². The molecule has 0 atom stereocenters. The molecule has 1 aromatic carbocycles. The van der Waals surface area contributed by atoms with Crippen LogP contribution in [0.15, 0.2) is 53.6 Å². The number of hydrogen-bond acceptors (Lipinski definition) is 0. The van der Waals surface area contributed by atoms with Crippen LogP contribution >= 0.6 is 0 Å². The van der Waals surface area contributed by atoms with Crippen molar-refractivity contribution in [1.29, 1.82) is 0 Å². The van der Waals surface area contributed by atoms with Gasteiger partial charge in [-0.2, -0.15) is 0 Å². The normalized spacial score (nSPS) is 17.4. The molecule has 19 heavy (non-hydrogen) atoms. The van der Waals surface area contributed by atoms with Crippen molar-refractivity contribution in [2.75, 3.05) is 0 Å². The molecule has 0 N–H and O–H groups in total. The summed E-state index contributed by atoms with van der Waals surface area (Å²) >= 11 is 0. The van der Waals surface area contributed by atoms with E-state index >= 15 is 0 Å². The number of rotatable bonds is 4. The molecule has 0 bridgehead atoms. The van der Waals surface area contributed by atoms with Gasteiger partial charge in [0, 0.05) is 5.41 Å². The van der Waals surface area contributed by atoms with Gasteiger partial charge in [-0.25, -0.2) is 0 Å². The minimum Gasteiger partial charge on any atom is -0.0804 e. The summed E-state index contributed by atoms with van der Waals surface area (Å²) in [5.41, 5.74) is 6.32. The minimum atomic E-state index is 0.256. The molecule has 0 unspecified atom stereocenters. The molecule has 2 aliphatic carbocycles. The number of allylic oxidation sites excluding steroid dienone is 5. The van der Waals surface area contributed by atoms with Gasteiger partial charge in [-0.1, -0.05) is 68.0 Å². The van der Waals surface area contributed by atoms with Crippen molar-refractivity contribution < 1.29 is 0 Å². The first kappa shape index (κ1) is 12.5. The summed E-state index contributed by atoms with van der Waals surface area (Å²) in [4.78, 5) is 0. The predicted molar refractivity (Wildman–Crippen MR) is 83.0 cm³/mol. The lowest BCUT2D eigenvalue weighted by molar-refractivity contribution is 0.403. The average Bonchev–Trinajstić information content (AvgIpc) is 3.10. The van der Waals surface area contributed by atoms with Gasteiger partial charge in [-0.3, -0.25) is 0 Å². The molecule has 0 nitrogen and oxygen atoms in total. The summed E-state index contributed by atoms with van der Waals surface area (Å²) in [5, 5.41) is 0. The number of fused-ring (bicyclic) bond motifs is 1. The lowest BCUT2D eigenvalue weighted by atomic mass is 9.69. The first-order valence-corrected chi connectivity index (χ1v) is 7.46. The predicted octanol–water partition coefficient (Wildman–Crippen LogP) is 5.32.